The molecule has 1 aromatic rings. The van der Waals surface area contributed by atoms with Crippen LogP contribution >= 0.6 is 15.9 Å². The van der Waals surface area contributed by atoms with Crippen LogP contribution in [0.1, 0.15) is 10.4 Å². The maximum Gasteiger partial charge on any atom is 0.341 e. The first-order chi connectivity index (χ1) is 7.22. The number of carbonyl (C=O) groups excluding carboxylic acids is 1. The van der Waals surface area contributed by atoms with E-state index in [0.29, 0.717) is 17.9 Å². The maximum atomic E-state index is 11.5. The molecule has 4 nitrogen and oxygen atoms in total. The van der Waals surface area contributed by atoms with Gasteiger partial charge in [-0.2, -0.15) is 0 Å². The molecule has 0 bridgehead atoms. The zero-order chi connectivity index (χ0) is 10.8. The zero-order valence-corrected chi connectivity index (χ0v) is 9.76. The van der Waals surface area contributed by atoms with E-state index in [2.05, 4.69) is 26.0 Å². The summed E-state index contributed by atoms with van der Waals surface area (Å²) in [6.45, 7) is 1.29. The van der Waals surface area contributed by atoms with Gasteiger partial charge >= 0.3 is 5.97 Å². The lowest BCUT2D eigenvalue weighted by Gasteiger charge is -2.21. The Balaban J connectivity index is 2.52. The molecule has 1 heterocycles. The number of anilines is 1. The predicted molar refractivity (Wildman–Crippen MR) is 59.5 cm³/mol. The summed E-state index contributed by atoms with van der Waals surface area (Å²) in [5.41, 5.74) is 1.25. The zero-order valence-electron chi connectivity index (χ0n) is 8.17. The van der Waals surface area contributed by atoms with Gasteiger partial charge < -0.3 is 14.8 Å². The highest BCUT2D eigenvalue weighted by Gasteiger charge is 2.20. The van der Waals surface area contributed by atoms with E-state index in [1.165, 1.54) is 7.11 Å². The third kappa shape index (κ3) is 1.92. The van der Waals surface area contributed by atoms with Crippen LogP contribution in [0.4, 0.5) is 5.69 Å². The fraction of sp³-hybridized carbons (Fsp3) is 0.300. The minimum Gasteiger partial charge on any atom is -0.489 e. The molecule has 0 fully saturated rings. The second kappa shape index (κ2) is 4.10. The number of methoxy groups -OCH3 is 1. The lowest BCUT2D eigenvalue weighted by Crippen LogP contribution is -2.20. The summed E-state index contributed by atoms with van der Waals surface area (Å²) in [5.74, 6) is 0.174. The Hall–Kier alpha value is -1.23. The van der Waals surface area contributed by atoms with Crippen LogP contribution in [0.2, 0.25) is 0 Å². The highest BCUT2D eigenvalue weighted by atomic mass is 79.9. The van der Waals surface area contributed by atoms with Crippen molar-refractivity contribution in [1.29, 1.82) is 0 Å². The van der Waals surface area contributed by atoms with E-state index < -0.39 is 5.97 Å². The van der Waals surface area contributed by atoms with Crippen LogP contribution in [-0.2, 0) is 4.74 Å². The second-order valence-corrected chi connectivity index (χ2v) is 4.01. The maximum absolute atomic E-state index is 11.5. The minimum atomic E-state index is -0.392. The van der Waals surface area contributed by atoms with Crippen LogP contribution in [0.15, 0.2) is 16.6 Å². The first-order valence-corrected chi connectivity index (χ1v) is 5.30. The summed E-state index contributed by atoms with van der Waals surface area (Å²) in [4.78, 5) is 11.5. The van der Waals surface area contributed by atoms with Crippen LogP contribution < -0.4 is 10.1 Å². The van der Waals surface area contributed by atoms with Gasteiger partial charge in [0.1, 0.15) is 12.2 Å². The Bertz CT molecular complexity index is 406. The number of ether oxygens (including phenoxy) is 2. The number of benzene rings is 1. The number of fused-ring (bicyclic) bond motifs is 1. The standard InChI is InChI=1S/C10H10BrNO3/c1-14-10(13)7-4-6(11)5-8-9(7)15-3-2-12-8/h4-5,12H,2-3H2,1H3. The molecule has 0 aliphatic carbocycles. The predicted octanol–water partition coefficient (Wildman–Crippen LogP) is 2.04. The monoisotopic (exact) mass is 271 g/mol. The van der Waals surface area contributed by atoms with E-state index in [1.54, 1.807) is 6.07 Å². The van der Waals surface area contributed by atoms with Gasteiger partial charge in [0.15, 0.2) is 5.75 Å². The average molecular weight is 272 g/mol. The van der Waals surface area contributed by atoms with Crippen LogP contribution in [0.5, 0.6) is 5.75 Å². The molecule has 80 valence electrons. The fourth-order valence-corrected chi connectivity index (χ4v) is 1.94. The number of nitrogens with one attached hydrogen (secondary N) is 1. The fourth-order valence-electron chi connectivity index (χ4n) is 1.48. The first kappa shape index (κ1) is 10.3. The van der Waals surface area contributed by atoms with Gasteiger partial charge in [0.05, 0.1) is 12.8 Å². The lowest BCUT2D eigenvalue weighted by molar-refractivity contribution is 0.0596. The highest BCUT2D eigenvalue weighted by molar-refractivity contribution is 9.10. The van der Waals surface area contributed by atoms with Crippen molar-refractivity contribution in [2.45, 2.75) is 0 Å². The first-order valence-electron chi connectivity index (χ1n) is 4.51. The van der Waals surface area contributed by atoms with Gasteiger partial charge in [-0.3, -0.25) is 0 Å². The summed E-state index contributed by atoms with van der Waals surface area (Å²) in [6.07, 6.45) is 0. The molecule has 1 aromatic carbocycles. The van der Waals surface area contributed by atoms with Crippen molar-refractivity contribution in [3.05, 3.63) is 22.2 Å². The minimum absolute atomic E-state index is 0.392. The largest absolute Gasteiger partial charge is 0.489 e. The number of halogens is 1. The quantitative estimate of drug-likeness (QED) is 0.795. The van der Waals surface area contributed by atoms with Gasteiger partial charge in [0, 0.05) is 11.0 Å². The van der Waals surface area contributed by atoms with Crippen molar-refractivity contribution in [2.75, 3.05) is 25.6 Å². The Labute approximate surface area is 95.7 Å². The molecule has 0 saturated heterocycles. The van der Waals surface area contributed by atoms with Gasteiger partial charge in [0.25, 0.3) is 0 Å². The van der Waals surface area contributed by atoms with Gasteiger partial charge in [-0.1, -0.05) is 15.9 Å². The van der Waals surface area contributed by atoms with Crippen LogP contribution in [0.3, 0.4) is 0 Å². The van der Waals surface area contributed by atoms with Crippen LogP contribution in [0, 0.1) is 0 Å². The molecule has 0 saturated carbocycles. The molecule has 0 unspecified atom stereocenters. The Morgan fingerprint density at radius 3 is 3.13 bits per heavy atom. The smallest absolute Gasteiger partial charge is 0.341 e. The molecular weight excluding hydrogens is 262 g/mol. The molecule has 0 atom stereocenters. The normalized spacial score (nSPS) is 13.5. The summed E-state index contributed by atoms with van der Waals surface area (Å²) >= 11 is 3.34. The number of rotatable bonds is 1. The lowest BCUT2D eigenvalue weighted by atomic mass is 10.1. The molecule has 0 aromatic heterocycles. The van der Waals surface area contributed by atoms with E-state index in [4.69, 9.17) is 4.74 Å². The second-order valence-electron chi connectivity index (χ2n) is 3.10. The molecule has 0 amide bonds. The summed E-state index contributed by atoms with van der Waals surface area (Å²) in [7, 11) is 1.35. The molecule has 2 rings (SSSR count). The summed E-state index contributed by atoms with van der Waals surface area (Å²) < 4.78 is 11.0. The van der Waals surface area contributed by atoms with E-state index >= 15 is 0 Å². The molecule has 1 aliphatic heterocycles. The third-order valence-corrected chi connectivity index (χ3v) is 2.58. The number of hydrogen-bond acceptors (Lipinski definition) is 4. The van der Waals surface area contributed by atoms with Crippen LogP contribution in [0.25, 0.3) is 0 Å². The van der Waals surface area contributed by atoms with E-state index in [1.807, 2.05) is 6.07 Å². The van der Waals surface area contributed by atoms with Crippen LogP contribution in [-0.4, -0.2) is 26.2 Å². The van der Waals surface area contributed by atoms with Crippen molar-refractivity contribution in [2.24, 2.45) is 0 Å². The van der Waals surface area contributed by atoms with Crippen molar-refractivity contribution >= 4 is 27.6 Å². The molecular formula is C10H10BrNO3. The van der Waals surface area contributed by atoms with E-state index in [-0.39, 0.29) is 0 Å². The molecule has 0 spiro atoms. The van der Waals surface area contributed by atoms with Gasteiger partial charge in [0.2, 0.25) is 0 Å². The average Bonchev–Trinajstić information content (AvgIpc) is 2.26. The van der Waals surface area contributed by atoms with Gasteiger partial charge in [-0.05, 0) is 12.1 Å². The molecule has 0 radical (unpaired) electrons. The molecule has 1 aliphatic rings. The number of hydrogen-bond donors (Lipinski definition) is 1. The SMILES string of the molecule is COC(=O)c1cc(Br)cc2c1OCCN2. The van der Waals surface area contributed by atoms with Gasteiger partial charge in [-0.25, -0.2) is 4.79 Å². The van der Waals surface area contributed by atoms with Crippen molar-refractivity contribution < 1.29 is 14.3 Å². The Morgan fingerprint density at radius 2 is 2.40 bits per heavy atom. The summed E-state index contributed by atoms with van der Waals surface area (Å²) in [6, 6.07) is 3.57. The third-order valence-electron chi connectivity index (χ3n) is 2.12. The number of carbonyl (C=O) groups is 1. The molecule has 15 heavy (non-hydrogen) atoms. The van der Waals surface area contributed by atoms with Crippen molar-refractivity contribution in [3.63, 3.8) is 0 Å². The van der Waals surface area contributed by atoms with E-state index in [9.17, 15) is 4.79 Å². The molecule has 1 N–H and O–H groups in total. The van der Waals surface area contributed by atoms with Crippen molar-refractivity contribution in [3.8, 4) is 5.75 Å². The Morgan fingerprint density at radius 1 is 1.60 bits per heavy atom. The Kier molecular flexibility index (Phi) is 2.81. The summed E-state index contributed by atoms with van der Waals surface area (Å²) in [5, 5.41) is 3.16. The van der Waals surface area contributed by atoms with Crippen molar-refractivity contribution in [1.82, 2.24) is 0 Å². The number of esters is 1. The van der Waals surface area contributed by atoms with Gasteiger partial charge in [-0.15, -0.1) is 0 Å². The molecule has 5 heteroatoms. The topological polar surface area (TPSA) is 47.6 Å². The van der Waals surface area contributed by atoms with E-state index in [0.717, 1.165) is 16.7 Å². The highest BCUT2D eigenvalue weighted by Crippen LogP contribution is 2.35.